The summed E-state index contributed by atoms with van der Waals surface area (Å²) in [6.07, 6.45) is 0. The Morgan fingerprint density at radius 1 is 0.172 bits per heavy atom. The van der Waals surface area contributed by atoms with Crippen LogP contribution in [0.15, 0.2) is 255 Å². The molecule has 0 spiro atoms. The zero-order chi connectivity index (χ0) is 42.4. The summed E-state index contributed by atoms with van der Waals surface area (Å²) in [4.78, 5) is 4.78. The fourth-order valence-electron chi connectivity index (χ4n) is 9.88. The van der Waals surface area contributed by atoms with E-state index in [1.54, 1.807) is 0 Å². The van der Waals surface area contributed by atoms with Gasteiger partial charge in [-0.3, -0.25) is 0 Å². The van der Waals surface area contributed by atoms with Gasteiger partial charge in [0, 0.05) is 34.1 Å². The van der Waals surface area contributed by atoms with Crippen LogP contribution in [-0.4, -0.2) is 0 Å². The first-order valence-electron chi connectivity index (χ1n) is 22.0. The van der Waals surface area contributed by atoms with E-state index in [9.17, 15) is 0 Å². The molecule has 0 aliphatic heterocycles. The second-order valence-corrected chi connectivity index (χ2v) is 16.5. The number of hydrogen-bond donors (Lipinski definition) is 0. The topological polar surface area (TPSA) is 6.48 Å². The first kappa shape index (κ1) is 37.3. The average molecular weight is 815 g/mol. The molecule has 0 fully saturated rings. The van der Waals surface area contributed by atoms with Crippen LogP contribution < -0.4 is 9.80 Å². The van der Waals surface area contributed by atoms with E-state index in [4.69, 9.17) is 0 Å². The van der Waals surface area contributed by atoms with Gasteiger partial charge < -0.3 is 9.80 Å². The van der Waals surface area contributed by atoms with Crippen molar-refractivity contribution in [1.29, 1.82) is 0 Å². The highest BCUT2D eigenvalue weighted by molar-refractivity contribution is 6.39. The highest BCUT2D eigenvalue weighted by atomic mass is 15.1. The lowest BCUT2D eigenvalue weighted by atomic mass is 9.87. The predicted octanol–water partition coefficient (Wildman–Crippen LogP) is 17.7. The van der Waals surface area contributed by atoms with Crippen molar-refractivity contribution < 1.29 is 0 Å². The van der Waals surface area contributed by atoms with Crippen molar-refractivity contribution in [2.24, 2.45) is 0 Å². The van der Waals surface area contributed by atoms with E-state index in [2.05, 4.69) is 265 Å². The summed E-state index contributed by atoms with van der Waals surface area (Å²) in [5.74, 6) is 0. The van der Waals surface area contributed by atoms with Crippen molar-refractivity contribution in [3.05, 3.63) is 255 Å². The van der Waals surface area contributed by atoms with E-state index in [0.29, 0.717) is 0 Å². The summed E-state index contributed by atoms with van der Waals surface area (Å²) in [6, 6.07) is 92.6. The van der Waals surface area contributed by atoms with Gasteiger partial charge in [0.05, 0.1) is 0 Å². The number of para-hydroxylation sites is 2. The zero-order valence-electron chi connectivity index (χ0n) is 35.1. The highest BCUT2D eigenvalue weighted by Gasteiger charge is 2.21. The van der Waals surface area contributed by atoms with Gasteiger partial charge >= 0.3 is 0 Å². The van der Waals surface area contributed by atoms with E-state index in [0.717, 1.165) is 34.1 Å². The van der Waals surface area contributed by atoms with Gasteiger partial charge in [0.1, 0.15) is 0 Å². The molecule has 0 N–H and O–H groups in total. The molecule has 0 bridgehead atoms. The molecule has 0 aliphatic carbocycles. The van der Waals surface area contributed by atoms with Crippen molar-refractivity contribution in [2.75, 3.05) is 9.80 Å². The summed E-state index contributed by atoms with van der Waals surface area (Å²) in [5.41, 5.74) is 11.4. The molecule has 12 rings (SSSR count). The smallest absolute Gasteiger partial charge is 0.0468 e. The van der Waals surface area contributed by atoms with Crippen molar-refractivity contribution in [1.82, 2.24) is 0 Å². The van der Waals surface area contributed by atoms with E-state index >= 15 is 0 Å². The van der Waals surface area contributed by atoms with Crippen LogP contribution in [0.25, 0.3) is 76.1 Å². The minimum atomic E-state index is 1.11. The van der Waals surface area contributed by atoms with Gasteiger partial charge in [-0.05, 0) is 149 Å². The molecule has 12 aromatic rings. The number of hydrogen-bond acceptors (Lipinski definition) is 2. The van der Waals surface area contributed by atoms with Gasteiger partial charge in [-0.2, -0.15) is 0 Å². The molecule has 0 saturated carbocycles. The molecule has 0 atom stereocenters. The van der Waals surface area contributed by atoms with Crippen LogP contribution in [0.5, 0.6) is 0 Å². The zero-order valence-corrected chi connectivity index (χ0v) is 35.1. The molecule has 0 radical (unpaired) electrons. The summed E-state index contributed by atoms with van der Waals surface area (Å²) in [6.45, 7) is 0. The molecule has 0 heterocycles. The lowest BCUT2D eigenvalue weighted by molar-refractivity contribution is 1.29. The highest BCUT2D eigenvalue weighted by Crippen LogP contribution is 2.48. The van der Waals surface area contributed by atoms with E-state index < -0.39 is 0 Å². The average Bonchev–Trinajstić information content (AvgIpc) is 3.38. The molecule has 12 aromatic carbocycles. The van der Waals surface area contributed by atoms with Crippen LogP contribution in [0.3, 0.4) is 0 Å². The largest absolute Gasteiger partial charge is 0.310 e. The fourth-order valence-corrected chi connectivity index (χ4v) is 9.88. The molecular formula is C62H42N2. The first-order chi connectivity index (χ1) is 31.8. The Balaban J connectivity index is 1.09. The molecule has 0 aromatic heterocycles. The Hall–Kier alpha value is -8.46. The van der Waals surface area contributed by atoms with Crippen LogP contribution >= 0.6 is 0 Å². The van der Waals surface area contributed by atoms with Gasteiger partial charge in [0.15, 0.2) is 0 Å². The number of anilines is 6. The lowest BCUT2D eigenvalue weighted by Crippen LogP contribution is -2.10. The van der Waals surface area contributed by atoms with Crippen LogP contribution in [0.4, 0.5) is 34.1 Å². The molecule has 0 aliphatic rings. The normalized spacial score (nSPS) is 11.4. The number of fused-ring (bicyclic) bond motifs is 11. The quantitative estimate of drug-likeness (QED) is 0.141. The third-order valence-corrected chi connectivity index (χ3v) is 12.7. The Labute approximate surface area is 373 Å². The minimum absolute atomic E-state index is 1.11. The van der Waals surface area contributed by atoms with Gasteiger partial charge in [0.25, 0.3) is 0 Å². The second-order valence-electron chi connectivity index (χ2n) is 16.5. The van der Waals surface area contributed by atoms with Crippen LogP contribution in [0.2, 0.25) is 0 Å². The van der Waals surface area contributed by atoms with Crippen molar-refractivity contribution in [3.63, 3.8) is 0 Å². The van der Waals surface area contributed by atoms with Crippen molar-refractivity contribution >= 4 is 88.0 Å². The second kappa shape index (κ2) is 15.8. The van der Waals surface area contributed by atoms with Gasteiger partial charge in [-0.15, -0.1) is 0 Å². The van der Waals surface area contributed by atoms with Crippen molar-refractivity contribution in [3.8, 4) is 22.3 Å². The summed E-state index contributed by atoms with van der Waals surface area (Å²) >= 11 is 0. The molecule has 0 unspecified atom stereocenters. The molecule has 0 saturated heterocycles. The Kier molecular flexibility index (Phi) is 9.20. The maximum atomic E-state index is 2.41. The van der Waals surface area contributed by atoms with Crippen LogP contribution in [-0.2, 0) is 0 Å². The Bertz CT molecular complexity index is 3410. The monoisotopic (exact) mass is 814 g/mol. The fraction of sp³-hybridized carbons (Fsp3) is 0. The van der Waals surface area contributed by atoms with E-state index in [1.165, 1.54) is 76.1 Å². The standard InChI is InChI=1S/C62H42N2/c1-5-19-43(20-6-1)45-23-17-29-49(39-45)63(47-25-9-3-10-26-47)51-35-37-57-59(41-51)53-31-13-15-33-55(53)62-58-38-36-52(42-60(58)54-32-14-16-34-56(54)61(57)62)64(48-27-11-4-12-28-48)50-30-18-24-46(40-50)44-21-7-2-8-22-44/h1-42H. The molecular weight excluding hydrogens is 773 g/mol. The predicted molar refractivity (Wildman–Crippen MR) is 274 cm³/mol. The van der Waals surface area contributed by atoms with E-state index in [-0.39, 0.29) is 0 Å². The van der Waals surface area contributed by atoms with E-state index in [1.807, 2.05) is 0 Å². The maximum Gasteiger partial charge on any atom is 0.0468 e. The summed E-state index contributed by atoms with van der Waals surface area (Å²) in [5, 5.41) is 12.5. The lowest BCUT2D eigenvalue weighted by Gasteiger charge is -2.27. The summed E-state index contributed by atoms with van der Waals surface area (Å²) in [7, 11) is 0. The Morgan fingerprint density at radius 3 is 0.875 bits per heavy atom. The minimum Gasteiger partial charge on any atom is -0.310 e. The van der Waals surface area contributed by atoms with Gasteiger partial charge in [-0.25, -0.2) is 0 Å². The van der Waals surface area contributed by atoms with Crippen LogP contribution in [0, 0.1) is 0 Å². The number of benzene rings is 12. The summed E-state index contributed by atoms with van der Waals surface area (Å²) < 4.78 is 0. The molecule has 300 valence electrons. The maximum absolute atomic E-state index is 2.41. The third kappa shape index (κ3) is 6.44. The number of nitrogens with zero attached hydrogens (tertiary/aromatic N) is 2. The van der Waals surface area contributed by atoms with Gasteiger partial charge in [-0.1, -0.05) is 182 Å². The van der Waals surface area contributed by atoms with Crippen LogP contribution in [0.1, 0.15) is 0 Å². The third-order valence-electron chi connectivity index (χ3n) is 12.7. The molecule has 64 heavy (non-hydrogen) atoms. The SMILES string of the molecule is c1ccc(-c2cccc(N(c3ccccc3)c3ccc4c(c3)c3ccccc3c3c5ccc(N(c6ccccc6)c6cccc(-c7ccccc7)c6)cc5c5ccccc5c43)c2)cc1. The van der Waals surface area contributed by atoms with Crippen molar-refractivity contribution in [2.45, 2.75) is 0 Å². The Morgan fingerprint density at radius 2 is 0.469 bits per heavy atom. The molecule has 0 amide bonds. The molecule has 2 heteroatoms. The molecule has 2 nitrogen and oxygen atoms in total. The first-order valence-corrected chi connectivity index (χ1v) is 22.0. The van der Waals surface area contributed by atoms with Gasteiger partial charge in [0.2, 0.25) is 0 Å². The number of rotatable bonds is 8.